The molecule has 0 spiro atoms. The van der Waals surface area contributed by atoms with Crippen LogP contribution in [-0.4, -0.2) is 37.6 Å². The molecule has 0 aliphatic rings. The van der Waals surface area contributed by atoms with Crippen molar-refractivity contribution in [3.8, 4) is 0 Å². The van der Waals surface area contributed by atoms with Gasteiger partial charge in [0.05, 0.1) is 10.7 Å². The number of nitrogens with zero attached hydrogens (tertiary/aromatic N) is 2. The molecule has 0 aliphatic heterocycles. The van der Waals surface area contributed by atoms with Crippen LogP contribution < -0.4 is 16.0 Å². The zero-order valence-corrected chi connectivity index (χ0v) is 13.9. The number of thiazole rings is 1. The first kappa shape index (κ1) is 17.4. The minimum atomic E-state index is -0.242. The Morgan fingerprint density at radius 1 is 1.43 bits per heavy atom. The van der Waals surface area contributed by atoms with Crippen molar-refractivity contribution in [2.75, 3.05) is 31.6 Å². The standard InChI is InChI=1S/C16H21FN4OS/c1-21(14-6-3-2-5-12(14)17)10-4-9-19-16(22)13-11-23-15(20-13)7-8-18/h2-3,5-6,11H,4,7-10,18H2,1H3,(H,19,22). The van der Waals surface area contributed by atoms with Gasteiger partial charge in [0.2, 0.25) is 0 Å². The lowest BCUT2D eigenvalue weighted by molar-refractivity contribution is 0.0949. The highest BCUT2D eigenvalue weighted by Crippen LogP contribution is 2.16. The summed E-state index contributed by atoms with van der Waals surface area (Å²) in [7, 11) is 1.83. The number of aromatic nitrogens is 1. The molecule has 0 saturated heterocycles. The molecule has 2 aromatic rings. The number of rotatable bonds is 8. The molecule has 1 amide bonds. The van der Waals surface area contributed by atoms with Crippen molar-refractivity contribution in [1.29, 1.82) is 0 Å². The second-order valence-electron chi connectivity index (χ2n) is 5.15. The minimum Gasteiger partial charge on any atom is -0.372 e. The van der Waals surface area contributed by atoms with Crippen molar-refractivity contribution < 1.29 is 9.18 Å². The second-order valence-corrected chi connectivity index (χ2v) is 6.09. The summed E-state index contributed by atoms with van der Waals surface area (Å²) in [4.78, 5) is 18.0. The predicted octanol–water partition coefficient (Wildman–Crippen LogP) is 2.04. The van der Waals surface area contributed by atoms with Gasteiger partial charge in [0, 0.05) is 31.9 Å². The topological polar surface area (TPSA) is 71.2 Å². The molecule has 0 bridgehead atoms. The van der Waals surface area contributed by atoms with Gasteiger partial charge in [0.25, 0.3) is 5.91 Å². The molecule has 0 atom stereocenters. The Morgan fingerprint density at radius 3 is 2.96 bits per heavy atom. The maximum atomic E-state index is 13.6. The molecule has 2 rings (SSSR count). The normalized spacial score (nSPS) is 10.6. The summed E-state index contributed by atoms with van der Waals surface area (Å²) in [6.45, 7) is 1.69. The van der Waals surface area contributed by atoms with Crippen LogP contribution in [0, 0.1) is 5.82 Å². The first-order chi connectivity index (χ1) is 11.1. The molecule has 0 unspecified atom stereocenters. The smallest absolute Gasteiger partial charge is 0.270 e. The van der Waals surface area contributed by atoms with Gasteiger partial charge in [-0.1, -0.05) is 12.1 Å². The van der Waals surface area contributed by atoms with Crippen LogP contribution in [0.15, 0.2) is 29.6 Å². The van der Waals surface area contributed by atoms with E-state index in [0.29, 0.717) is 37.4 Å². The van der Waals surface area contributed by atoms with Crippen LogP contribution in [-0.2, 0) is 6.42 Å². The van der Waals surface area contributed by atoms with Crippen molar-refractivity contribution in [3.05, 3.63) is 46.2 Å². The van der Waals surface area contributed by atoms with Crippen LogP contribution in [0.1, 0.15) is 21.9 Å². The number of amides is 1. The van der Waals surface area contributed by atoms with E-state index >= 15 is 0 Å². The van der Waals surface area contributed by atoms with Gasteiger partial charge in [-0.05, 0) is 25.1 Å². The highest BCUT2D eigenvalue weighted by atomic mass is 32.1. The van der Waals surface area contributed by atoms with Gasteiger partial charge < -0.3 is 16.0 Å². The number of benzene rings is 1. The van der Waals surface area contributed by atoms with Gasteiger partial charge in [-0.25, -0.2) is 9.37 Å². The lowest BCUT2D eigenvalue weighted by atomic mass is 10.2. The summed E-state index contributed by atoms with van der Waals surface area (Å²) < 4.78 is 13.6. The van der Waals surface area contributed by atoms with E-state index in [9.17, 15) is 9.18 Å². The number of carbonyl (C=O) groups excluding carboxylic acids is 1. The highest BCUT2D eigenvalue weighted by molar-refractivity contribution is 7.09. The summed E-state index contributed by atoms with van der Waals surface area (Å²) in [5, 5.41) is 5.44. The Balaban J connectivity index is 1.74. The van der Waals surface area contributed by atoms with E-state index in [4.69, 9.17) is 5.73 Å². The zero-order valence-electron chi connectivity index (χ0n) is 13.1. The molecule has 0 radical (unpaired) electrons. The summed E-state index contributed by atoms with van der Waals surface area (Å²) >= 11 is 1.44. The van der Waals surface area contributed by atoms with Crippen molar-refractivity contribution in [2.24, 2.45) is 5.73 Å². The summed E-state index contributed by atoms with van der Waals surface area (Å²) in [6.07, 6.45) is 1.40. The SMILES string of the molecule is CN(CCCNC(=O)c1csc(CCN)n1)c1ccccc1F. The Bertz CT molecular complexity index is 647. The van der Waals surface area contributed by atoms with E-state index in [0.717, 1.165) is 11.4 Å². The monoisotopic (exact) mass is 336 g/mol. The number of carbonyl (C=O) groups is 1. The van der Waals surface area contributed by atoms with E-state index < -0.39 is 0 Å². The summed E-state index contributed by atoms with van der Waals surface area (Å²) in [6, 6.07) is 6.65. The Hall–Kier alpha value is -1.99. The zero-order chi connectivity index (χ0) is 16.7. The molecular weight excluding hydrogens is 315 g/mol. The quantitative estimate of drug-likeness (QED) is 0.724. The number of nitrogens with one attached hydrogen (secondary N) is 1. The fraction of sp³-hybridized carbons (Fsp3) is 0.375. The molecule has 3 N–H and O–H groups in total. The molecule has 1 aromatic carbocycles. The molecule has 23 heavy (non-hydrogen) atoms. The number of halogens is 1. The molecule has 0 saturated carbocycles. The maximum absolute atomic E-state index is 13.6. The largest absolute Gasteiger partial charge is 0.372 e. The molecule has 0 fully saturated rings. The Kier molecular flexibility index (Phi) is 6.49. The van der Waals surface area contributed by atoms with E-state index in [1.54, 1.807) is 23.6 Å². The third-order valence-corrected chi connectivity index (χ3v) is 4.27. The van der Waals surface area contributed by atoms with Crippen LogP contribution in [0.4, 0.5) is 10.1 Å². The van der Waals surface area contributed by atoms with Gasteiger partial charge in [-0.3, -0.25) is 4.79 Å². The summed E-state index contributed by atoms with van der Waals surface area (Å²) in [5.74, 6) is -0.424. The number of nitrogens with two attached hydrogens (primary N) is 1. The number of anilines is 1. The number of hydrogen-bond acceptors (Lipinski definition) is 5. The van der Waals surface area contributed by atoms with Crippen molar-refractivity contribution in [2.45, 2.75) is 12.8 Å². The van der Waals surface area contributed by atoms with Gasteiger partial charge in [0.15, 0.2) is 0 Å². The van der Waals surface area contributed by atoms with E-state index in [1.807, 2.05) is 11.9 Å². The van der Waals surface area contributed by atoms with Crippen LogP contribution in [0.3, 0.4) is 0 Å². The third kappa shape index (κ3) is 5.01. The molecule has 0 aliphatic carbocycles. The average Bonchev–Trinajstić information content (AvgIpc) is 3.01. The minimum absolute atomic E-state index is 0.182. The maximum Gasteiger partial charge on any atom is 0.270 e. The first-order valence-corrected chi connectivity index (χ1v) is 8.38. The van der Waals surface area contributed by atoms with Crippen LogP contribution in [0.2, 0.25) is 0 Å². The van der Waals surface area contributed by atoms with E-state index in [-0.39, 0.29) is 11.7 Å². The van der Waals surface area contributed by atoms with Crippen molar-refractivity contribution >= 4 is 22.9 Å². The lowest BCUT2D eigenvalue weighted by Crippen LogP contribution is -2.28. The van der Waals surface area contributed by atoms with Crippen molar-refractivity contribution in [3.63, 3.8) is 0 Å². The van der Waals surface area contributed by atoms with Gasteiger partial charge in [-0.15, -0.1) is 11.3 Å². The molecular formula is C16H21FN4OS. The fourth-order valence-corrected chi connectivity index (χ4v) is 2.94. The Labute approximate surface area is 139 Å². The molecule has 1 heterocycles. The van der Waals surface area contributed by atoms with Crippen molar-refractivity contribution in [1.82, 2.24) is 10.3 Å². The van der Waals surface area contributed by atoms with Crippen LogP contribution in [0.25, 0.3) is 0 Å². The van der Waals surface area contributed by atoms with Gasteiger partial charge >= 0.3 is 0 Å². The first-order valence-electron chi connectivity index (χ1n) is 7.50. The van der Waals surface area contributed by atoms with E-state index in [2.05, 4.69) is 10.3 Å². The fourth-order valence-electron chi connectivity index (χ4n) is 2.14. The van der Waals surface area contributed by atoms with Crippen LogP contribution in [0.5, 0.6) is 0 Å². The third-order valence-electron chi connectivity index (χ3n) is 3.36. The molecule has 124 valence electrons. The lowest BCUT2D eigenvalue weighted by Gasteiger charge is -2.19. The number of para-hydroxylation sites is 1. The van der Waals surface area contributed by atoms with E-state index in [1.165, 1.54) is 17.4 Å². The van der Waals surface area contributed by atoms with Crippen LogP contribution >= 0.6 is 11.3 Å². The van der Waals surface area contributed by atoms with Gasteiger partial charge in [-0.2, -0.15) is 0 Å². The molecule has 1 aromatic heterocycles. The highest BCUT2D eigenvalue weighted by Gasteiger charge is 2.10. The molecule has 5 nitrogen and oxygen atoms in total. The molecule has 7 heteroatoms. The van der Waals surface area contributed by atoms with Gasteiger partial charge in [0.1, 0.15) is 11.5 Å². The number of hydrogen-bond donors (Lipinski definition) is 2. The predicted molar refractivity (Wildman–Crippen MR) is 91.5 cm³/mol. The Morgan fingerprint density at radius 2 is 2.22 bits per heavy atom. The summed E-state index contributed by atoms with van der Waals surface area (Å²) in [5.41, 5.74) is 6.46. The average molecular weight is 336 g/mol. The second kappa shape index (κ2) is 8.59.